The third kappa shape index (κ3) is 7.00. The van der Waals surface area contributed by atoms with Gasteiger partial charge < -0.3 is 0 Å². The average molecular weight is 504 g/mol. The van der Waals surface area contributed by atoms with Gasteiger partial charge >= 0.3 is 21.3 Å². The Hall–Kier alpha value is -0.0000000000000000971. The van der Waals surface area contributed by atoms with Gasteiger partial charge in [-0.3, -0.25) is 0 Å². The van der Waals surface area contributed by atoms with Gasteiger partial charge in [0.15, 0.2) is 0 Å². The third-order valence-corrected chi connectivity index (χ3v) is 7.56. The van der Waals surface area contributed by atoms with Crippen LogP contribution >= 0.6 is 21.2 Å². The molecule has 0 N–H and O–H groups in total. The van der Waals surface area contributed by atoms with Gasteiger partial charge in [0.25, 0.3) is 4.74 Å². The zero-order valence-corrected chi connectivity index (χ0v) is 20.3. The van der Waals surface area contributed by atoms with Crippen LogP contribution in [0.2, 0.25) is 0 Å². The first-order chi connectivity index (χ1) is 13.7. The number of hydrogen-bond donors (Lipinski definition) is 0. The van der Waals surface area contributed by atoms with Crippen molar-refractivity contribution in [2.45, 2.75) is 62.4 Å². The predicted molar refractivity (Wildman–Crippen MR) is 112 cm³/mol. The Morgan fingerprint density at radius 3 is 2.20 bits per heavy atom. The highest BCUT2D eigenvalue weighted by Crippen LogP contribution is 2.57. The maximum absolute atomic E-state index is 14.7. The summed E-state index contributed by atoms with van der Waals surface area (Å²) < 4.78 is 94.1. The van der Waals surface area contributed by atoms with Gasteiger partial charge in [0.2, 0.25) is 0 Å². The Morgan fingerprint density at radius 1 is 1.23 bits per heavy atom. The van der Waals surface area contributed by atoms with E-state index >= 15 is 0 Å². The number of nitrogens with zero attached hydrogens (tertiary/aromatic N) is 1. The zero-order valence-electron chi connectivity index (χ0n) is 17.5. The summed E-state index contributed by atoms with van der Waals surface area (Å²) in [6.45, 7) is 9.69. The summed E-state index contributed by atoms with van der Waals surface area (Å²) in [4.78, 5) is 3.57. The van der Waals surface area contributed by atoms with Gasteiger partial charge in [0.05, 0.1) is 7.11 Å². The normalized spacial score (nSPS) is 23.3. The number of alkyl halides is 5. The van der Waals surface area contributed by atoms with Gasteiger partial charge in [-0.2, -0.15) is 26.0 Å². The van der Waals surface area contributed by atoms with Crippen LogP contribution in [-0.4, -0.2) is 48.8 Å². The van der Waals surface area contributed by atoms with E-state index in [-0.39, 0.29) is 31.0 Å². The fraction of sp³-hybridized carbons (Fsp3) is 0.882. The lowest BCUT2D eigenvalue weighted by Crippen LogP contribution is -2.57. The monoisotopic (exact) mass is 503 g/mol. The first-order valence-corrected chi connectivity index (χ1v) is 12.2. The molecular weight excluding hydrogens is 472 g/mol. The molecule has 0 radical (unpaired) electrons. The van der Waals surface area contributed by atoms with Crippen LogP contribution in [-0.2, 0) is 19.3 Å². The molecule has 0 spiro atoms. The summed E-state index contributed by atoms with van der Waals surface area (Å²) in [5.41, 5.74) is 0. The van der Waals surface area contributed by atoms with Gasteiger partial charge in [-0.05, 0) is 43.5 Å². The molecule has 1 fully saturated rings. The van der Waals surface area contributed by atoms with E-state index in [1.54, 1.807) is 6.08 Å². The molecule has 0 amide bonds. The molecule has 4 atom stereocenters. The SMILES string of the molecule is C=CC.CCCC1CN(SC(F)(P)C(F)(F)C(F)(F)S(=O)(=O)OOC)CCC1CC. The van der Waals surface area contributed by atoms with E-state index in [2.05, 4.69) is 15.8 Å². The van der Waals surface area contributed by atoms with Crippen LogP contribution in [0.15, 0.2) is 12.7 Å². The van der Waals surface area contributed by atoms with Gasteiger partial charge in [0, 0.05) is 13.1 Å². The van der Waals surface area contributed by atoms with Crippen LogP contribution in [0, 0.1) is 11.8 Å². The molecule has 5 nitrogen and oxygen atoms in total. The zero-order chi connectivity index (χ0) is 23.8. The summed E-state index contributed by atoms with van der Waals surface area (Å²) in [7, 11) is -4.65. The van der Waals surface area contributed by atoms with Crippen LogP contribution in [0.5, 0.6) is 0 Å². The van der Waals surface area contributed by atoms with Crippen LogP contribution in [0.1, 0.15) is 46.5 Å². The first-order valence-electron chi connectivity index (χ1n) is 9.40. The van der Waals surface area contributed by atoms with E-state index in [1.165, 1.54) is 4.31 Å². The molecule has 0 aromatic carbocycles. The molecule has 0 aromatic rings. The van der Waals surface area contributed by atoms with Crippen molar-refractivity contribution in [3.8, 4) is 0 Å². The molecule has 1 heterocycles. The topological polar surface area (TPSA) is 55.8 Å². The van der Waals surface area contributed by atoms with Crippen molar-refractivity contribution in [3.05, 3.63) is 12.7 Å². The van der Waals surface area contributed by atoms with E-state index in [9.17, 15) is 30.4 Å². The van der Waals surface area contributed by atoms with Crippen LogP contribution < -0.4 is 0 Å². The van der Waals surface area contributed by atoms with Crippen molar-refractivity contribution >= 4 is 31.3 Å². The number of rotatable bonds is 10. The lowest BCUT2D eigenvalue weighted by atomic mass is 9.82. The summed E-state index contributed by atoms with van der Waals surface area (Å²) in [5.74, 6) is -5.14. The molecule has 13 heteroatoms. The van der Waals surface area contributed by atoms with Crippen LogP contribution in [0.4, 0.5) is 22.0 Å². The molecule has 1 saturated heterocycles. The third-order valence-electron chi connectivity index (χ3n) is 4.57. The summed E-state index contributed by atoms with van der Waals surface area (Å²) >= 11 is -0.128. The maximum atomic E-state index is 14.7. The van der Waals surface area contributed by atoms with Crippen LogP contribution in [0.25, 0.3) is 0 Å². The molecule has 1 aliphatic heterocycles. The van der Waals surface area contributed by atoms with Crippen molar-refractivity contribution in [1.82, 2.24) is 4.31 Å². The molecular formula is C17H31F5NO4PS2. The summed E-state index contributed by atoms with van der Waals surface area (Å²) in [5, 5.41) is -5.84. The highest BCUT2D eigenvalue weighted by molar-refractivity contribution is 8.02. The highest BCUT2D eigenvalue weighted by Gasteiger charge is 2.76. The van der Waals surface area contributed by atoms with Crippen molar-refractivity contribution in [3.63, 3.8) is 0 Å². The van der Waals surface area contributed by atoms with Gasteiger partial charge in [-0.15, -0.1) is 10.9 Å². The van der Waals surface area contributed by atoms with Crippen molar-refractivity contribution in [2.75, 3.05) is 20.2 Å². The van der Waals surface area contributed by atoms with Gasteiger partial charge in [-0.1, -0.05) is 42.0 Å². The van der Waals surface area contributed by atoms with Gasteiger partial charge in [-0.25, -0.2) is 13.6 Å². The van der Waals surface area contributed by atoms with E-state index in [0.717, 1.165) is 28.5 Å². The Balaban J connectivity index is 0.00000263. The van der Waals surface area contributed by atoms with E-state index < -0.39 is 26.0 Å². The Bertz CT molecular complexity index is 638. The minimum Gasteiger partial charge on any atom is -0.247 e. The molecule has 180 valence electrons. The molecule has 0 aromatic heterocycles. The Labute approximate surface area is 182 Å². The largest absolute Gasteiger partial charge is 0.438 e. The lowest BCUT2D eigenvalue weighted by Gasteiger charge is -2.41. The second kappa shape index (κ2) is 12.3. The molecule has 0 bridgehead atoms. The molecule has 1 rings (SSSR count). The standard InChI is InChI=1S/C14H25F5NO4PS2.C3H6/c1-4-6-11-9-20(8-7-10(11)5-2)26-14(19,25)12(15,16)13(17,18)27(21,22)24-23-3;1-3-2/h10-11H,4-9,25H2,1-3H3;3H,1H2,2H3. The fourth-order valence-corrected chi connectivity index (χ4v) is 5.70. The molecule has 0 aliphatic carbocycles. The molecule has 4 unspecified atom stereocenters. The van der Waals surface area contributed by atoms with E-state index in [1.807, 2.05) is 20.8 Å². The van der Waals surface area contributed by atoms with Crippen molar-refractivity contribution < 1.29 is 39.6 Å². The highest BCUT2D eigenvalue weighted by atomic mass is 32.2. The van der Waals surface area contributed by atoms with E-state index in [4.69, 9.17) is 0 Å². The molecule has 30 heavy (non-hydrogen) atoms. The quantitative estimate of drug-likeness (QED) is 0.0965. The second-order valence-electron chi connectivity index (χ2n) is 6.82. The number of piperidine rings is 1. The smallest absolute Gasteiger partial charge is 0.247 e. The summed E-state index contributed by atoms with van der Waals surface area (Å²) in [6, 6.07) is 0. The lowest BCUT2D eigenvalue weighted by molar-refractivity contribution is -0.217. The first kappa shape index (κ1) is 30.0. The minimum absolute atomic E-state index is 0.122. The van der Waals surface area contributed by atoms with Gasteiger partial charge in [0.1, 0.15) is 0 Å². The van der Waals surface area contributed by atoms with E-state index in [0.29, 0.717) is 19.4 Å². The number of halogens is 5. The number of hydrogen-bond acceptors (Lipinski definition) is 6. The van der Waals surface area contributed by atoms with Crippen LogP contribution in [0.3, 0.4) is 0 Å². The average Bonchev–Trinajstić information content (AvgIpc) is 2.62. The minimum atomic E-state index is -6.21. The second-order valence-corrected chi connectivity index (χ2v) is 10.9. The number of allylic oxidation sites excluding steroid dienone is 1. The molecule has 0 saturated carbocycles. The Morgan fingerprint density at radius 2 is 1.77 bits per heavy atom. The summed E-state index contributed by atoms with van der Waals surface area (Å²) in [6.07, 6.45) is 4.89. The predicted octanol–water partition coefficient (Wildman–Crippen LogP) is 5.61. The Kier molecular flexibility index (Phi) is 12.3. The van der Waals surface area contributed by atoms with Crippen molar-refractivity contribution in [2.24, 2.45) is 11.8 Å². The van der Waals surface area contributed by atoms with Crippen molar-refractivity contribution in [1.29, 1.82) is 0 Å². The maximum Gasteiger partial charge on any atom is 0.438 e. The fourth-order valence-electron chi connectivity index (χ4n) is 3.10. The molecule has 1 aliphatic rings.